The number of rotatable bonds is 2. The molecule has 5 nitrogen and oxygen atoms in total. The highest BCUT2D eigenvalue weighted by atomic mass is 32.1. The van der Waals surface area contributed by atoms with Gasteiger partial charge in [-0.3, -0.25) is 9.36 Å². The molecule has 0 saturated carbocycles. The minimum atomic E-state index is -0.668. The van der Waals surface area contributed by atoms with E-state index in [9.17, 15) is 9.59 Å². The monoisotopic (exact) mass is 266 g/mol. The van der Waals surface area contributed by atoms with Crippen LogP contribution in [0.2, 0.25) is 0 Å². The molecule has 1 atom stereocenters. The van der Waals surface area contributed by atoms with Gasteiger partial charge in [-0.2, -0.15) is 0 Å². The topological polar surface area (TPSA) is 61.2 Å². The lowest BCUT2D eigenvalue weighted by atomic mass is 10.2. The van der Waals surface area contributed by atoms with Gasteiger partial charge in [0, 0.05) is 4.88 Å². The van der Waals surface area contributed by atoms with E-state index in [-0.39, 0.29) is 5.56 Å². The van der Waals surface area contributed by atoms with Gasteiger partial charge in [0.2, 0.25) is 0 Å². The Balaban J connectivity index is 2.68. The summed E-state index contributed by atoms with van der Waals surface area (Å²) in [6.07, 6.45) is 1.40. The summed E-state index contributed by atoms with van der Waals surface area (Å²) in [5.41, 5.74) is 0.735. The van der Waals surface area contributed by atoms with Crippen molar-refractivity contribution in [2.75, 3.05) is 7.11 Å². The summed E-state index contributed by atoms with van der Waals surface area (Å²) in [4.78, 5) is 29.8. The van der Waals surface area contributed by atoms with Crippen LogP contribution in [0, 0.1) is 13.8 Å². The summed E-state index contributed by atoms with van der Waals surface area (Å²) in [5.74, 6) is -0.456. The fourth-order valence-electron chi connectivity index (χ4n) is 1.81. The van der Waals surface area contributed by atoms with Crippen LogP contribution in [-0.2, 0) is 9.53 Å². The molecule has 0 aliphatic heterocycles. The second kappa shape index (κ2) is 4.53. The molecule has 0 spiro atoms. The van der Waals surface area contributed by atoms with E-state index in [1.807, 2.05) is 13.8 Å². The van der Waals surface area contributed by atoms with Gasteiger partial charge < -0.3 is 4.74 Å². The molecule has 0 unspecified atom stereocenters. The first kappa shape index (κ1) is 12.8. The lowest BCUT2D eigenvalue weighted by Gasteiger charge is -2.11. The number of aryl methyl sites for hydroxylation is 2. The van der Waals surface area contributed by atoms with Crippen molar-refractivity contribution in [3.05, 3.63) is 27.1 Å². The summed E-state index contributed by atoms with van der Waals surface area (Å²) in [7, 11) is 1.30. The molecule has 2 rings (SSSR count). The van der Waals surface area contributed by atoms with Crippen LogP contribution < -0.4 is 5.56 Å². The molecule has 0 fully saturated rings. The van der Waals surface area contributed by atoms with Crippen LogP contribution in [0.15, 0.2) is 11.1 Å². The normalized spacial score (nSPS) is 12.7. The third kappa shape index (κ3) is 1.82. The number of aromatic nitrogens is 2. The maximum Gasteiger partial charge on any atom is 0.328 e. The Kier molecular flexibility index (Phi) is 3.21. The number of carbonyl (C=O) groups is 1. The number of carbonyl (C=O) groups excluding carboxylic acids is 1. The molecule has 0 N–H and O–H groups in total. The Morgan fingerprint density at radius 3 is 2.78 bits per heavy atom. The van der Waals surface area contributed by atoms with E-state index >= 15 is 0 Å². The zero-order valence-corrected chi connectivity index (χ0v) is 11.5. The van der Waals surface area contributed by atoms with Crippen LogP contribution in [0.3, 0.4) is 0 Å². The Morgan fingerprint density at radius 2 is 2.17 bits per heavy atom. The molecule has 0 aliphatic rings. The number of nitrogens with zero attached hydrogens (tertiary/aromatic N) is 2. The molecule has 2 aromatic rings. The molecule has 0 bridgehead atoms. The van der Waals surface area contributed by atoms with Crippen molar-refractivity contribution in [1.29, 1.82) is 0 Å². The average molecular weight is 266 g/mol. The zero-order chi connectivity index (χ0) is 13.4. The first-order valence-electron chi connectivity index (χ1n) is 5.52. The molecule has 0 amide bonds. The smallest absolute Gasteiger partial charge is 0.328 e. The first-order valence-corrected chi connectivity index (χ1v) is 6.33. The molecule has 18 heavy (non-hydrogen) atoms. The molecular weight excluding hydrogens is 252 g/mol. The maximum atomic E-state index is 12.3. The number of hydrogen-bond donors (Lipinski definition) is 0. The summed E-state index contributed by atoms with van der Waals surface area (Å²) in [6, 6.07) is -0.668. The highest BCUT2D eigenvalue weighted by Gasteiger charge is 2.19. The van der Waals surface area contributed by atoms with Crippen molar-refractivity contribution >= 4 is 27.5 Å². The number of methoxy groups -OCH3 is 1. The van der Waals surface area contributed by atoms with E-state index in [0.717, 1.165) is 10.4 Å². The molecule has 0 saturated heterocycles. The van der Waals surface area contributed by atoms with E-state index in [4.69, 9.17) is 0 Å². The average Bonchev–Trinajstić information content (AvgIpc) is 2.64. The standard InChI is InChI=1S/C12H14N2O3S/c1-6-8(3)18-10-9(6)11(15)14(5-13-10)7(2)12(16)17-4/h5,7H,1-4H3/t7-/m1/s1. The van der Waals surface area contributed by atoms with Crippen LogP contribution in [0.4, 0.5) is 0 Å². The van der Waals surface area contributed by atoms with E-state index < -0.39 is 12.0 Å². The van der Waals surface area contributed by atoms with Crippen LogP contribution >= 0.6 is 11.3 Å². The predicted molar refractivity (Wildman–Crippen MR) is 70.1 cm³/mol. The third-order valence-corrected chi connectivity index (χ3v) is 4.19. The van der Waals surface area contributed by atoms with Gasteiger partial charge in [-0.05, 0) is 26.3 Å². The fraction of sp³-hybridized carbons (Fsp3) is 0.417. The highest BCUT2D eigenvalue weighted by molar-refractivity contribution is 7.18. The number of fused-ring (bicyclic) bond motifs is 1. The molecule has 2 aromatic heterocycles. The number of esters is 1. The minimum absolute atomic E-state index is 0.195. The van der Waals surface area contributed by atoms with Crippen LogP contribution in [0.5, 0.6) is 0 Å². The molecule has 96 valence electrons. The van der Waals surface area contributed by atoms with Crippen molar-refractivity contribution in [2.45, 2.75) is 26.8 Å². The van der Waals surface area contributed by atoms with Crippen LogP contribution in [0.25, 0.3) is 10.2 Å². The SMILES string of the molecule is COC(=O)[C@@H](C)n1cnc2sc(C)c(C)c2c1=O. The molecule has 0 aliphatic carbocycles. The Labute approximate surface area is 108 Å². The van der Waals surface area contributed by atoms with Gasteiger partial charge >= 0.3 is 5.97 Å². The fourth-order valence-corrected chi connectivity index (χ4v) is 2.80. The molecule has 0 aromatic carbocycles. The predicted octanol–water partition coefficient (Wildman–Crippen LogP) is 1.81. The van der Waals surface area contributed by atoms with Gasteiger partial charge in [0.15, 0.2) is 0 Å². The molecule has 6 heteroatoms. The lowest BCUT2D eigenvalue weighted by molar-refractivity contribution is -0.144. The number of hydrogen-bond acceptors (Lipinski definition) is 5. The Morgan fingerprint density at radius 1 is 1.50 bits per heavy atom. The summed E-state index contributed by atoms with van der Waals surface area (Å²) in [6.45, 7) is 5.47. The van der Waals surface area contributed by atoms with Crippen molar-refractivity contribution < 1.29 is 9.53 Å². The largest absolute Gasteiger partial charge is 0.467 e. The van der Waals surface area contributed by atoms with Gasteiger partial charge in [0.1, 0.15) is 10.9 Å². The van der Waals surface area contributed by atoms with Gasteiger partial charge in [-0.25, -0.2) is 9.78 Å². The van der Waals surface area contributed by atoms with E-state index in [1.54, 1.807) is 6.92 Å². The zero-order valence-electron chi connectivity index (χ0n) is 10.7. The molecular formula is C12H14N2O3S. The highest BCUT2D eigenvalue weighted by Crippen LogP contribution is 2.25. The van der Waals surface area contributed by atoms with Gasteiger partial charge in [-0.1, -0.05) is 0 Å². The first-order chi connectivity index (χ1) is 8.47. The van der Waals surface area contributed by atoms with Crippen molar-refractivity contribution in [2.24, 2.45) is 0 Å². The van der Waals surface area contributed by atoms with Gasteiger partial charge in [-0.15, -0.1) is 11.3 Å². The summed E-state index contributed by atoms with van der Waals surface area (Å²) >= 11 is 1.49. The van der Waals surface area contributed by atoms with Gasteiger partial charge in [0.05, 0.1) is 18.8 Å². The lowest BCUT2D eigenvalue weighted by Crippen LogP contribution is -2.29. The van der Waals surface area contributed by atoms with E-state index in [0.29, 0.717) is 10.2 Å². The second-order valence-electron chi connectivity index (χ2n) is 4.12. The Hall–Kier alpha value is -1.69. The molecule has 0 radical (unpaired) electrons. The maximum absolute atomic E-state index is 12.3. The van der Waals surface area contributed by atoms with Crippen molar-refractivity contribution in [3.8, 4) is 0 Å². The minimum Gasteiger partial charge on any atom is -0.467 e. The molecule has 2 heterocycles. The van der Waals surface area contributed by atoms with Crippen molar-refractivity contribution in [3.63, 3.8) is 0 Å². The Bertz CT molecular complexity index is 672. The van der Waals surface area contributed by atoms with E-state index in [2.05, 4.69) is 9.72 Å². The van der Waals surface area contributed by atoms with Crippen LogP contribution in [0.1, 0.15) is 23.4 Å². The van der Waals surface area contributed by atoms with Crippen molar-refractivity contribution in [1.82, 2.24) is 9.55 Å². The summed E-state index contributed by atoms with van der Waals surface area (Å²) < 4.78 is 5.96. The third-order valence-electron chi connectivity index (χ3n) is 3.07. The summed E-state index contributed by atoms with van der Waals surface area (Å²) in [5, 5.41) is 0.593. The van der Waals surface area contributed by atoms with Crippen LogP contribution in [-0.4, -0.2) is 22.6 Å². The number of thiophene rings is 1. The number of ether oxygens (including phenoxy) is 1. The van der Waals surface area contributed by atoms with E-state index in [1.165, 1.54) is 29.3 Å². The van der Waals surface area contributed by atoms with Gasteiger partial charge in [0.25, 0.3) is 5.56 Å². The second-order valence-corrected chi connectivity index (χ2v) is 5.32. The quantitative estimate of drug-likeness (QED) is 0.778.